The molecule has 2 aliphatic rings. The van der Waals surface area contributed by atoms with E-state index in [-0.39, 0.29) is 37.0 Å². The van der Waals surface area contributed by atoms with Crippen LogP contribution in [0, 0.1) is 35.5 Å². The first kappa shape index (κ1) is 23.2. The van der Waals surface area contributed by atoms with Gasteiger partial charge >= 0.3 is 11.9 Å². The highest BCUT2D eigenvalue weighted by Gasteiger charge is 2.35. The molecular weight excluding hydrogens is 352 g/mol. The average Bonchev–Trinajstić information content (AvgIpc) is 2.59. The minimum atomic E-state index is -0.251. The molecule has 4 heteroatoms. The van der Waals surface area contributed by atoms with Crippen LogP contribution in [0.5, 0.6) is 0 Å². The summed E-state index contributed by atoms with van der Waals surface area (Å²) in [6, 6.07) is 0. The summed E-state index contributed by atoms with van der Waals surface area (Å²) in [7, 11) is 0. The maximum Gasteiger partial charge on any atom is 0.306 e. The minimum Gasteiger partial charge on any atom is -0.462 e. The zero-order chi connectivity index (χ0) is 20.8. The molecule has 2 saturated carbocycles. The number of hydrogen-bond acceptors (Lipinski definition) is 4. The molecule has 162 valence electrons. The zero-order valence-corrected chi connectivity index (χ0v) is 18.9. The maximum absolute atomic E-state index is 12.4. The van der Waals surface area contributed by atoms with Gasteiger partial charge in [0.25, 0.3) is 0 Å². The predicted octanol–water partition coefficient (Wildman–Crippen LogP) is 5.77. The fourth-order valence-corrected chi connectivity index (χ4v) is 5.16. The second-order valence-corrected chi connectivity index (χ2v) is 10.2. The Morgan fingerprint density at radius 2 is 1.07 bits per heavy atom. The number of rotatable bonds is 7. The molecule has 0 bridgehead atoms. The molecule has 0 aliphatic heterocycles. The van der Waals surface area contributed by atoms with Crippen molar-refractivity contribution in [2.24, 2.45) is 35.5 Å². The first-order valence-electron chi connectivity index (χ1n) is 11.6. The van der Waals surface area contributed by atoms with E-state index >= 15 is 0 Å². The summed E-state index contributed by atoms with van der Waals surface area (Å²) in [5.74, 6) is 2.58. The molecule has 0 spiro atoms. The van der Waals surface area contributed by atoms with Crippen molar-refractivity contribution in [3.63, 3.8) is 0 Å². The van der Waals surface area contributed by atoms with Gasteiger partial charge in [0, 0.05) is 0 Å². The van der Waals surface area contributed by atoms with Crippen LogP contribution in [0.4, 0.5) is 0 Å². The molecule has 0 saturated heterocycles. The Labute approximate surface area is 172 Å². The minimum absolute atomic E-state index is 0.00298. The lowest BCUT2D eigenvalue weighted by molar-refractivity contribution is -0.163. The largest absolute Gasteiger partial charge is 0.462 e. The molecule has 0 heterocycles. The summed E-state index contributed by atoms with van der Waals surface area (Å²) in [6.07, 6.45) is 6.79. The van der Waals surface area contributed by atoms with Crippen LogP contribution in [0.3, 0.4) is 0 Å². The first-order chi connectivity index (χ1) is 13.2. The standard InChI is InChI=1S/C24H42O4/c1-15(2)19-9-7-17(5)13-21(19)27-23(25)11-12-24(26)28-22-14-18(6)8-10-20(22)16(3)4/h15-22H,7-14H2,1-6H3/t17-,18?,19+,20?,21-,22?/m1/s1. The zero-order valence-electron chi connectivity index (χ0n) is 18.9. The van der Waals surface area contributed by atoms with Crippen molar-refractivity contribution in [1.29, 1.82) is 0 Å². The fourth-order valence-electron chi connectivity index (χ4n) is 5.16. The van der Waals surface area contributed by atoms with E-state index in [1.165, 1.54) is 12.8 Å². The van der Waals surface area contributed by atoms with Gasteiger partial charge in [-0.05, 0) is 61.2 Å². The Bertz CT molecular complexity index is 467. The van der Waals surface area contributed by atoms with Crippen molar-refractivity contribution >= 4 is 11.9 Å². The maximum atomic E-state index is 12.4. The van der Waals surface area contributed by atoms with Gasteiger partial charge in [-0.2, -0.15) is 0 Å². The van der Waals surface area contributed by atoms with Crippen molar-refractivity contribution < 1.29 is 19.1 Å². The van der Waals surface area contributed by atoms with Gasteiger partial charge in [-0.15, -0.1) is 0 Å². The lowest BCUT2D eigenvalue weighted by Crippen LogP contribution is -2.36. The van der Waals surface area contributed by atoms with E-state index < -0.39 is 0 Å². The Kier molecular flexibility index (Phi) is 8.82. The van der Waals surface area contributed by atoms with Gasteiger partial charge in [0.15, 0.2) is 0 Å². The normalized spacial score (nSPS) is 33.7. The molecule has 0 N–H and O–H groups in total. The quantitative estimate of drug-likeness (QED) is 0.514. The molecule has 0 aromatic heterocycles. The average molecular weight is 395 g/mol. The molecule has 0 aromatic carbocycles. The van der Waals surface area contributed by atoms with Crippen molar-refractivity contribution in [2.75, 3.05) is 0 Å². The van der Waals surface area contributed by atoms with E-state index in [1.54, 1.807) is 0 Å². The summed E-state index contributed by atoms with van der Waals surface area (Å²) in [4.78, 5) is 24.8. The van der Waals surface area contributed by atoms with Gasteiger partial charge in [0.2, 0.25) is 0 Å². The van der Waals surface area contributed by atoms with Crippen LogP contribution < -0.4 is 0 Å². The SMILES string of the molecule is CC1CCC(C(C)C)C(OC(=O)CCC(=O)O[C@@H]2C[C@H](C)CC[C@H]2C(C)C)C1. The number of hydrogen-bond donors (Lipinski definition) is 0. The Balaban J connectivity index is 1.80. The Morgan fingerprint density at radius 3 is 1.39 bits per heavy atom. The lowest BCUT2D eigenvalue weighted by atomic mass is 9.75. The van der Waals surface area contributed by atoms with Gasteiger partial charge < -0.3 is 9.47 Å². The molecule has 0 radical (unpaired) electrons. The van der Waals surface area contributed by atoms with Crippen molar-refractivity contribution in [3.8, 4) is 0 Å². The highest BCUT2D eigenvalue weighted by molar-refractivity contribution is 5.77. The highest BCUT2D eigenvalue weighted by atomic mass is 16.6. The molecule has 28 heavy (non-hydrogen) atoms. The molecular formula is C24H42O4. The molecule has 3 unspecified atom stereocenters. The summed E-state index contributed by atoms with van der Waals surface area (Å²) < 4.78 is 11.6. The molecule has 0 aromatic rings. The van der Waals surface area contributed by atoms with Crippen LogP contribution in [-0.4, -0.2) is 24.1 Å². The van der Waals surface area contributed by atoms with Gasteiger partial charge in [0.05, 0.1) is 12.8 Å². The van der Waals surface area contributed by atoms with Gasteiger partial charge in [0.1, 0.15) is 12.2 Å². The summed E-state index contributed by atoms with van der Waals surface area (Å²) in [5, 5.41) is 0. The summed E-state index contributed by atoms with van der Waals surface area (Å²) in [6.45, 7) is 13.3. The van der Waals surface area contributed by atoms with Gasteiger partial charge in [-0.3, -0.25) is 9.59 Å². The van der Waals surface area contributed by atoms with Crippen LogP contribution in [0.1, 0.15) is 92.9 Å². The Morgan fingerprint density at radius 1 is 0.714 bits per heavy atom. The molecule has 4 nitrogen and oxygen atoms in total. The summed E-state index contributed by atoms with van der Waals surface area (Å²) >= 11 is 0. The molecule has 2 fully saturated rings. The first-order valence-corrected chi connectivity index (χ1v) is 11.6. The topological polar surface area (TPSA) is 52.6 Å². The third-order valence-corrected chi connectivity index (χ3v) is 7.02. The fraction of sp³-hybridized carbons (Fsp3) is 0.917. The van der Waals surface area contributed by atoms with E-state index in [2.05, 4.69) is 41.5 Å². The molecule has 0 amide bonds. The van der Waals surface area contributed by atoms with E-state index in [1.807, 2.05) is 0 Å². The number of carbonyl (C=O) groups excluding carboxylic acids is 2. The highest BCUT2D eigenvalue weighted by Crippen LogP contribution is 2.36. The van der Waals surface area contributed by atoms with Crippen molar-refractivity contribution in [1.82, 2.24) is 0 Å². The second-order valence-electron chi connectivity index (χ2n) is 10.2. The number of esters is 2. The van der Waals surface area contributed by atoms with Crippen LogP contribution in [0.15, 0.2) is 0 Å². The smallest absolute Gasteiger partial charge is 0.306 e. The van der Waals surface area contributed by atoms with E-state index in [9.17, 15) is 9.59 Å². The van der Waals surface area contributed by atoms with E-state index in [0.29, 0.717) is 35.5 Å². The van der Waals surface area contributed by atoms with Gasteiger partial charge in [-0.1, -0.05) is 54.4 Å². The molecule has 2 aliphatic carbocycles. The number of ether oxygens (including phenoxy) is 2. The third-order valence-electron chi connectivity index (χ3n) is 7.02. The monoisotopic (exact) mass is 394 g/mol. The predicted molar refractivity (Wildman–Crippen MR) is 112 cm³/mol. The van der Waals surface area contributed by atoms with Crippen molar-refractivity contribution in [3.05, 3.63) is 0 Å². The van der Waals surface area contributed by atoms with Crippen LogP contribution in [0.25, 0.3) is 0 Å². The molecule has 2 rings (SSSR count). The van der Waals surface area contributed by atoms with Gasteiger partial charge in [-0.25, -0.2) is 0 Å². The molecule has 6 atom stereocenters. The van der Waals surface area contributed by atoms with Crippen molar-refractivity contribution in [2.45, 2.75) is 105 Å². The number of carbonyl (C=O) groups is 2. The second kappa shape index (κ2) is 10.6. The van der Waals surface area contributed by atoms with Crippen LogP contribution >= 0.6 is 0 Å². The Hall–Kier alpha value is -1.06. The van der Waals surface area contributed by atoms with E-state index in [4.69, 9.17) is 9.47 Å². The lowest BCUT2D eigenvalue weighted by Gasteiger charge is -2.37. The summed E-state index contributed by atoms with van der Waals surface area (Å²) in [5.41, 5.74) is 0. The van der Waals surface area contributed by atoms with Crippen LogP contribution in [0.2, 0.25) is 0 Å². The van der Waals surface area contributed by atoms with E-state index in [0.717, 1.165) is 25.7 Å². The van der Waals surface area contributed by atoms with Crippen LogP contribution in [-0.2, 0) is 19.1 Å². The third kappa shape index (κ3) is 6.77.